The summed E-state index contributed by atoms with van der Waals surface area (Å²) in [6.45, 7) is 10.4. The largest absolute Gasteiger partial charge is 0.369 e. The lowest BCUT2D eigenvalue weighted by molar-refractivity contribution is -0.121. The number of hydrogen-bond acceptors (Lipinski definition) is 5. The number of nitrogens with two attached hydrogens (primary N) is 1. The quantitative estimate of drug-likeness (QED) is 0.435. The van der Waals surface area contributed by atoms with Crippen molar-refractivity contribution in [1.82, 2.24) is 24.5 Å². The van der Waals surface area contributed by atoms with Crippen LogP contribution in [-0.2, 0) is 4.79 Å². The predicted molar refractivity (Wildman–Crippen MR) is 136 cm³/mol. The zero-order valence-corrected chi connectivity index (χ0v) is 21.1. The van der Waals surface area contributed by atoms with E-state index in [4.69, 9.17) is 5.73 Å². The summed E-state index contributed by atoms with van der Waals surface area (Å²) in [4.78, 5) is 24.8. The Bertz CT molecular complexity index is 1410. The second-order valence-corrected chi connectivity index (χ2v) is 11.6. The van der Waals surface area contributed by atoms with Crippen LogP contribution in [0, 0.1) is 19.8 Å². The molecule has 4 aromatic heterocycles. The molecular formula is C26H32N6OS. The van der Waals surface area contributed by atoms with Gasteiger partial charge in [-0.2, -0.15) is 5.10 Å². The maximum Gasteiger partial charge on any atom is 0.231 e. The number of nitrogens with zero attached hydrogens (tertiary/aromatic N) is 4. The number of piperidine rings is 2. The van der Waals surface area contributed by atoms with Gasteiger partial charge < -0.3 is 10.7 Å². The first-order chi connectivity index (χ1) is 16.3. The molecule has 3 aliphatic rings. The molecule has 0 spiro atoms. The van der Waals surface area contributed by atoms with Crippen molar-refractivity contribution >= 4 is 33.1 Å². The fourth-order valence-electron chi connectivity index (χ4n) is 6.56. The molecule has 0 aromatic carbocycles. The molecule has 1 amide bonds. The molecule has 8 heteroatoms. The number of carbonyl (C=O) groups excluding carboxylic acids is 1. The van der Waals surface area contributed by atoms with E-state index >= 15 is 0 Å². The molecular weight excluding hydrogens is 444 g/mol. The third-order valence-corrected chi connectivity index (χ3v) is 9.37. The van der Waals surface area contributed by atoms with Crippen LogP contribution in [0.15, 0.2) is 18.6 Å². The fourth-order valence-corrected chi connectivity index (χ4v) is 8.00. The molecule has 3 fully saturated rings. The van der Waals surface area contributed by atoms with Gasteiger partial charge in [-0.1, -0.05) is 13.8 Å². The van der Waals surface area contributed by atoms with E-state index in [0.717, 1.165) is 29.7 Å². The van der Waals surface area contributed by atoms with E-state index in [2.05, 4.69) is 59.9 Å². The van der Waals surface area contributed by atoms with E-state index in [1.54, 1.807) is 6.33 Å². The summed E-state index contributed by atoms with van der Waals surface area (Å²) in [5.41, 5.74) is 12.7. The van der Waals surface area contributed by atoms with Gasteiger partial charge in [0, 0.05) is 34.6 Å². The van der Waals surface area contributed by atoms with Crippen LogP contribution in [0.1, 0.15) is 66.5 Å². The van der Waals surface area contributed by atoms with Crippen LogP contribution in [-0.4, -0.2) is 49.5 Å². The van der Waals surface area contributed by atoms with Gasteiger partial charge in [0.2, 0.25) is 5.91 Å². The number of amides is 1. The van der Waals surface area contributed by atoms with Gasteiger partial charge in [0.25, 0.3) is 0 Å². The average Bonchev–Trinajstić information content (AvgIpc) is 3.48. The normalized spacial score (nSPS) is 23.0. The number of carbonyl (C=O) groups is 1. The molecule has 2 saturated heterocycles. The Morgan fingerprint density at radius 3 is 2.85 bits per heavy atom. The Balaban J connectivity index is 1.41. The Morgan fingerprint density at radius 1 is 1.32 bits per heavy atom. The highest BCUT2D eigenvalue weighted by atomic mass is 32.1. The lowest BCUT2D eigenvalue weighted by Gasteiger charge is -2.49. The number of aromatic nitrogens is 4. The standard InChI is InChI=1S/C26H32N6OS/c1-13(2)21-22-15(4)24(19-8-18-6-5-16(19)9-31(18)11-20(27)33)34-26(22)30-23(21)17-7-14(3)25-28-12-29-32(25)10-17/h7,10,12-13,16,18-19,30H,5-6,8-9,11H2,1-4H3,(H2,27,33)/t16?,18?,19-/m0/s1. The maximum absolute atomic E-state index is 11.5. The van der Waals surface area contributed by atoms with Gasteiger partial charge >= 0.3 is 0 Å². The zero-order chi connectivity index (χ0) is 23.7. The van der Waals surface area contributed by atoms with Gasteiger partial charge in [0.05, 0.1) is 12.2 Å². The van der Waals surface area contributed by atoms with Crippen LogP contribution in [0.2, 0.25) is 0 Å². The zero-order valence-electron chi connectivity index (χ0n) is 20.3. The van der Waals surface area contributed by atoms with Crippen LogP contribution < -0.4 is 5.73 Å². The van der Waals surface area contributed by atoms with Crippen molar-refractivity contribution in [3.63, 3.8) is 0 Å². The minimum atomic E-state index is -0.210. The summed E-state index contributed by atoms with van der Waals surface area (Å²) >= 11 is 1.94. The number of pyridine rings is 1. The van der Waals surface area contributed by atoms with Gasteiger partial charge in [-0.05, 0) is 73.6 Å². The van der Waals surface area contributed by atoms with Crippen molar-refractivity contribution in [1.29, 1.82) is 0 Å². The Labute approximate surface area is 203 Å². The summed E-state index contributed by atoms with van der Waals surface area (Å²) < 4.78 is 1.87. The highest BCUT2D eigenvalue weighted by Crippen LogP contribution is 2.51. The molecule has 0 radical (unpaired) electrons. The minimum absolute atomic E-state index is 0.210. The molecule has 2 aliphatic heterocycles. The number of rotatable bonds is 5. The molecule has 2 unspecified atom stereocenters. The summed E-state index contributed by atoms with van der Waals surface area (Å²) in [5.74, 6) is 1.36. The first kappa shape index (κ1) is 21.8. The van der Waals surface area contributed by atoms with E-state index in [-0.39, 0.29) is 5.91 Å². The Morgan fingerprint density at radius 2 is 2.15 bits per heavy atom. The van der Waals surface area contributed by atoms with Crippen LogP contribution in [0.4, 0.5) is 0 Å². The van der Waals surface area contributed by atoms with Crippen molar-refractivity contribution < 1.29 is 4.79 Å². The molecule has 6 heterocycles. The summed E-state index contributed by atoms with van der Waals surface area (Å²) in [5, 5.41) is 5.78. The molecule has 7 rings (SSSR count). The Kier molecular flexibility index (Phi) is 5.08. The lowest BCUT2D eigenvalue weighted by atomic mass is 9.70. The van der Waals surface area contributed by atoms with Gasteiger partial charge in [0.15, 0.2) is 5.65 Å². The molecule has 3 atom stereocenters. The highest BCUT2D eigenvalue weighted by Gasteiger charge is 2.42. The molecule has 1 aliphatic carbocycles. The first-order valence-electron chi connectivity index (χ1n) is 12.3. The number of thiophene rings is 1. The molecule has 7 nitrogen and oxygen atoms in total. The number of aromatic amines is 1. The first-order valence-corrected chi connectivity index (χ1v) is 13.1. The summed E-state index contributed by atoms with van der Waals surface area (Å²) in [6, 6.07) is 2.69. The number of nitrogens with one attached hydrogen (secondary N) is 1. The van der Waals surface area contributed by atoms with Gasteiger partial charge in [0.1, 0.15) is 11.2 Å². The van der Waals surface area contributed by atoms with Crippen molar-refractivity contribution in [3.05, 3.63) is 40.2 Å². The topological polar surface area (TPSA) is 92.3 Å². The number of primary amides is 1. The van der Waals surface area contributed by atoms with Crippen molar-refractivity contribution in [2.45, 2.75) is 64.8 Å². The van der Waals surface area contributed by atoms with Crippen LogP contribution in [0.5, 0.6) is 0 Å². The highest BCUT2D eigenvalue weighted by molar-refractivity contribution is 7.19. The smallest absolute Gasteiger partial charge is 0.231 e. The van der Waals surface area contributed by atoms with Gasteiger partial charge in [-0.25, -0.2) is 9.50 Å². The fraction of sp³-hybridized carbons (Fsp3) is 0.500. The van der Waals surface area contributed by atoms with E-state index in [9.17, 15) is 4.79 Å². The number of fused-ring (bicyclic) bond motifs is 5. The minimum Gasteiger partial charge on any atom is -0.369 e. The van der Waals surface area contributed by atoms with Crippen molar-refractivity contribution in [2.24, 2.45) is 11.7 Å². The van der Waals surface area contributed by atoms with Gasteiger partial charge in [-0.3, -0.25) is 9.69 Å². The van der Waals surface area contributed by atoms with Crippen LogP contribution >= 0.6 is 11.3 Å². The van der Waals surface area contributed by atoms with E-state index < -0.39 is 0 Å². The summed E-state index contributed by atoms with van der Waals surface area (Å²) in [6.07, 6.45) is 7.26. The second-order valence-electron chi connectivity index (χ2n) is 10.5. The molecule has 4 aromatic rings. The summed E-state index contributed by atoms with van der Waals surface area (Å²) in [7, 11) is 0. The molecule has 2 bridgehead atoms. The second kappa shape index (κ2) is 7.92. The Hall–Kier alpha value is -2.71. The van der Waals surface area contributed by atoms with Gasteiger partial charge in [-0.15, -0.1) is 11.3 Å². The SMILES string of the molecule is Cc1c([C@H]2CC3CCC2CN3CC(N)=O)sc2[nH]c(-c3cc(C)c4ncnn4c3)c(C(C)C)c12. The lowest BCUT2D eigenvalue weighted by Crippen LogP contribution is -2.53. The third-order valence-electron chi connectivity index (χ3n) is 8.03. The monoisotopic (exact) mass is 476 g/mol. The molecule has 178 valence electrons. The molecule has 3 N–H and O–H groups in total. The maximum atomic E-state index is 11.5. The molecule has 1 saturated carbocycles. The van der Waals surface area contributed by atoms with E-state index in [1.165, 1.54) is 44.8 Å². The van der Waals surface area contributed by atoms with Crippen LogP contribution in [0.3, 0.4) is 0 Å². The number of H-pyrrole nitrogens is 1. The third kappa shape index (κ3) is 3.30. The van der Waals surface area contributed by atoms with E-state index in [1.807, 2.05) is 15.9 Å². The van der Waals surface area contributed by atoms with Crippen molar-refractivity contribution in [3.8, 4) is 11.3 Å². The average molecular weight is 477 g/mol. The number of hydrogen-bond donors (Lipinski definition) is 2. The predicted octanol–water partition coefficient (Wildman–Crippen LogP) is 4.73. The van der Waals surface area contributed by atoms with Crippen molar-refractivity contribution in [2.75, 3.05) is 13.1 Å². The van der Waals surface area contributed by atoms with Crippen LogP contribution in [0.25, 0.3) is 27.1 Å². The molecule has 34 heavy (non-hydrogen) atoms. The van der Waals surface area contributed by atoms with E-state index in [0.29, 0.717) is 30.3 Å². The number of aryl methyl sites for hydroxylation is 2.